The number of benzene rings is 1. The minimum absolute atomic E-state index is 0.142. The van der Waals surface area contributed by atoms with Crippen molar-refractivity contribution in [1.29, 1.82) is 0 Å². The van der Waals surface area contributed by atoms with E-state index in [1.54, 1.807) is 11.8 Å². The molecule has 1 unspecified atom stereocenters. The van der Waals surface area contributed by atoms with E-state index in [1.165, 1.54) is 5.56 Å². The van der Waals surface area contributed by atoms with E-state index in [2.05, 4.69) is 24.4 Å². The number of hydrogen-bond acceptors (Lipinski definition) is 3. The van der Waals surface area contributed by atoms with Crippen LogP contribution in [0.3, 0.4) is 0 Å². The number of thioether (sulfide) groups is 1. The smallest absolute Gasteiger partial charge is 0.221 e. The average molecular weight is 307 g/mol. The number of aliphatic hydroxyl groups is 1. The van der Waals surface area contributed by atoms with Gasteiger partial charge in [-0.15, -0.1) is 0 Å². The first-order chi connectivity index (χ1) is 10.2. The third kappa shape index (κ3) is 5.36. The van der Waals surface area contributed by atoms with Gasteiger partial charge in [0.2, 0.25) is 5.91 Å². The molecular weight excluding hydrogens is 282 g/mol. The number of aliphatic hydroxyl groups excluding tert-OH is 1. The predicted octanol–water partition coefficient (Wildman–Crippen LogP) is 2.98. The van der Waals surface area contributed by atoms with Crippen LogP contribution in [0.15, 0.2) is 30.3 Å². The zero-order chi connectivity index (χ0) is 15.1. The molecule has 1 aromatic carbocycles. The summed E-state index contributed by atoms with van der Waals surface area (Å²) in [6.07, 6.45) is 3.04. The van der Waals surface area contributed by atoms with Crippen LogP contribution in [0.25, 0.3) is 0 Å². The first-order valence-electron chi connectivity index (χ1n) is 7.78. The SMILES string of the molecule is CCC(NC(=O)CCSCc1ccccc1)C1CC(O)C1. The third-order valence-corrected chi connectivity index (χ3v) is 5.12. The van der Waals surface area contributed by atoms with Crippen LogP contribution in [-0.2, 0) is 10.5 Å². The van der Waals surface area contributed by atoms with Gasteiger partial charge in [0, 0.05) is 24.0 Å². The van der Waals surface area contributed by atoms with Crippen molar-refractivity contribution in [2.45, 2.75) is 50.5 Å². The first-order valence-corrected chi connectivity index (χ1v) is 8.93. The summed E-state index contributed by atoms with van der Waals surface area (Å²) in [5.74, 6) is 2.42. The van der Waals surface area contributed by atoms with Crippen molar-refractivity contribution in [3.05, 3.63) is 35.9 Å². The molecule has 21 heavy (non-hydrogen) atoms. The van der Waals surface area contributed by atoms with Crippen LogP contribution in [0.2, 0.25) is 0 Å². The number of rotatable bonds is 8. The lowest BCUT2D eigenvalue weighted by molar-refractivity contribution is -0.122. The highest BCUT2D eigenvalue weighted by Gasteiger charge is 2.33. The minimum atomic E-state index is -0.151. The zero-order valence-corrected chi connectivity index (χ0v) is 13.4. The summed E-state index contributed by atoms with van der Waals surface area (Å²) in [5, 5.41) is 12.5. The van der Waals surface area contributed by atoms with Crippen LogP contribution in [0.5, 0.6) is 0 Å². The molecule has 1 aromatic rings. The summed E-state index contributed by atoms with van der Waals surface area (Å²) in [5.41, 5.74) is 1.30. The van der Waals surface area contributed by atoms with Crippen molar-refractivity contribution in [1.82, 2.24) is 5.32 Å². The van der Waals surface area contributed by atoms with Crippen LogP contribution >= 0.6 is 11.8 Å². The Morgan fingerprint density at radius 1 is 1.38 bits per heavy atom. The quantitative estimate of drug-likeness (QED) is 0.726. The zero-order valence-electron chi connectivity index (χ0n) is 12.6. The maximum Gasteiger partial charge on any atom is 0.221 e. The average Bonchev–Trinajstić information content (AvgIpc) is 2.47. The molecule has 4 heteroatoms. The van der Waals surface area contributed by atoms with Gasteiger partial charge in [-0.05, 0) is 30.7 Å². The summed E-state index contributed by atoms with van der Waals surface area (Å²) in [6, 6.07) is 10.6. The molecule has 0 saturated heterocycles. The normalized spacial score (nSPS) is 22.4. The van der Waals surface area contributed by atoms with E-state index >= 15 is 0 Å². The van der Waals surface area contributed by atoms with Crippen LogP contribution in [-0.4, -0.2) is 28.9 Å². The van der Waals surface area contributed by atoms with Crippen molar-refractivity contribution in [3.63, 3.8) is 0 Å². The fourth-order valence-electron chi connectivity index (χ4n) is 2.72. The standard InChI is InChI=1S/C17H25NO2S/c1-2-16(14-10-15(19)11-14)18-17(20)8-9-21-12-13-6-4-3-5-7-13/h3-7,14-16,19H,2,8-12H2,1H3,(H,18,20). The number of hydrogen-bond donors (Lipinski definition) is 2. The van der Waals surface area contributed by atoms with Crippen LogP contribution in [0.1, 0.15) is 38.2 Å². The Kier molecular flexibility index (Phi) is 6.58. The van der Waals surface area contributed by atoms with E-state index < -0.39 is 0 Å². The van der Waals surface area contributed by atoms with Gasteiger partial charge in [-0.1, -0.05) is 37.3 Å². The lowest BCUT2D eigenvalue weighted by atomic mass is 9.76. The molecule has 0 aromatic heterocycles. The Morgan fingerprint density at radius 2 is 2.10 bits per heavy atom. The van der Waals surface area contributed by atoms with Crippen LogP contribution in [0.4, 0.5) is 0 Å². The van der Waals surface area contributed by atoms with Crippen molar-refractivity contribution in [2.24, 2.45) is 5.92 Å². The van der Waals surface area contributed by atoms with Crippen molar-refractivity contribution < 1.29 is 9.90 Å². The summed E-state index contributed by atoms with van der Waals surface area (Å²) in [7, 11) is 0. The largest absolute Gasteiger partial charge is 0.393 e. The van der Waals surface area contributed by atoms with E-state index in [9.17, 15) is 9.90 Å². The van der Waals surface area contributed by atoms with E-state index in [0.29, 0.717) is 12.3 Å². The molecule has 0 heterocycles. The number of carbonyl (C=O) groups excluding carboxylic acids is 1. The van der Waals surface area contributed by atoms with Gasteiger partial charge >= 0.3 is 0 Å². The molecule has 2 rings (SSSR count). The Hall–Kier alpha value is -1.00. The van der Waals surface area contributed by atoms with Gasteiger partial charge in [0.15, 0.2) is 0 Å². The van der Waals surface area contributed by atoms with Gasteiger partial charge in [0.1, 0.15) is 0 Å². The Labute approximate surface area is 131 Å². The van der Waals surface area contributed by atoms with Gasteiger partial charge in [-0.2, -0.15) is 11.8 Å². The minimum Gasteiger partial charge on any atom is -0.393 e. The molecule has 1 aliphatic carbocycles. The van der Waals surface area contributed by atoms with Crippen LogP contribution < -0.4 is 5.32 Å². The monoisotopic (exact) mass is 307 g/mol. The van der Waals surface area contributed by atoms with Crippen LogP contribution in [0, 0.1) is 5.92 Å². The van der Waals surface area contributed by atoms with Gasteiger partial charge in [-0.25, -0.2) is 0 Å². The van der Waals surface area contributed by atoms with Gasteiger partial charge in [-0.3, -0.25) is 4.79 Å². The molecule has 1 amide bonds. The highest BCUT2D eigenvalue weighted by atomic mass is 32.2. The Morgan fingerprint density at radius 3 is 2.71 bits per heavy atom. The van der Waals surface area contributed by atoms with Gasteiger partial charge < -0.3 is 10.4 Å². The second kappa shape index (κ2) is 8.44. The molecule has 1 saturated carbocycles. The molecule has 2 N–H and O–H groups in total. The van der Waals surface area contributed by atoms with Gasteiger partial charge in [0.25, 0.3) is 0 Å². The molecule has 0 bridgehead atoms. The summed E-state index contributed by atoms with van der Waals surface area (Å²) in [6.45, 7) is 2.10. The highest BCUT2D eigenvalue weighted by Crippen LogP contribution is 2.31. The van der Waals surface area contributed by atoms with E-state index in [1.807, 2.05) is 18.2 Å². The third-order valence-electron chi connectivity index (χ3n) is 4.09. The lowest BCUT2D eigenvalue weighted by Gasteiger charge is -2.37. The molecule has 116 valence electrons. The van der Waals surface area contributed by atoms with Gasteiger partial charge in [0.05, 0.1) is 6.10 Å². The Balaban J connectivity index is 1.60. The maximum atomic E-state index is 12.0. The molecule has 1 atom stereocenters. The number of carbonyl (C=O) groups is 1. The molecule has 0 radical (unpaired) electrons. The van der Waals surface area contributed by atoms with E-state index in [4.69, 9.17) is 0 Å². The molecule has 0 aliphatic heterocycles. The van der Waals surface area contributed by atoms with Crippen molar-refractivity contribution in [2.75, 3.05) is 5.75 Å². The molecule has 3 nitrogen and oxygen atoms in total. The fourth-order valence-corrected chi connectivity index (χ4v) is 3.62. The maximum absolute atomic E-state index is 12.0. The molecule has 1 aliphatic rings. The lowest BCUT2D eigenvalue weighted by Crippen LogP contribution is -2.46. The summed E-state index contributed by atoms with van der Waals surface area (Å²) < 4.78 is 0. The fraction of sp³-hybridized carbons (Fsp3) is 0.588. The predicted molar refractivity (Wildman–Crippen MR) is 88.2 cm³/mol. The molecule has 1 fully saturated rings. The summed E-state index contributed by atoms with van der Waals surface area (Å²) in [4.78, 5) is 12.0. The highest BCUT2D eigenvalue weighted by molar-refractivity contribution is 7.98. The molecule has 0 spiro atoms. The van der Waals surface area contributed by atoms with Crippen molar-refractivity contribution in [3.8, 4) is 0 Å². The Bertz CT molecular complexity index is 432. The molecular formula is C17H25NO2S. The topological polar surface area (TPSA) is 49.3 Å². The summed E-state index contributed by atoms with van der Waals surface area (Å²) >= 11 is 1.80. The second-order valence-corrected chi connectivity index (χ2v) is 6.86. The van der Waals surface area contributed by atoms with Crippen molar-refractivity contribution >= 4 is 17.7 Å². The number of amides is 1. The van der Waals surface area contributed by atoms with E-state index in [-0.39, 0.29) is 18.1 Å². The van der Waals surface area contributed by atoms with E-state index in [0.717, 1.165) is 30.8 Å². The number of nitrogens with one attached hydrogen (secondary N) is 1. The second-order valence-electron chi connectivity index (χ2n) is 5.76. The first kappa shape index (κ1) is 16.4.